The Bertz CT molecular complexity index is 870. The highest BCUT2D eigenvalue weighted by Gasteiger charge is 2.52. The van der Waals surface area contributed by atoms with Crippen LogP contribution >= 0.6 is 7.60 Å². The van der Waals surface area contributed by atoms with Gasteiger partial charge in [0.2, 0.25) is 5.50 Å². The summed E-state index contributed by atoms with van der Waals surface area (Å²) in [5.74, 6) is -0.835. The third-order valence-electron chi connectivity index (χ3n) is 5.16. The highest BCUT2D eigenvalue weighted by atomic mass is 31.2. The molecule has 0 aliphatic carbocycles. The number of hydrogen-bond acceptors (Lipinski definition) is 5. The molecule has 0 saturated heterocycles. The molecule has 0 radical (unpaired) electrons. The van der Waals surface area contributed by atoms with Crippen LogP contribution < -0.4 is 0 Å². The fourth-order valence-electron chi connectivity index (χ4n) is 3.68. The van der Waals surface area contributed by atoms with E-state index in [4.69, 9.17) is 13.8 Å². The van der Waals surface area contributed by atoms with Gasteiger partial charge in [-0.2, -0.15) is 0 Å². The molecule has 2 aromatic carbocycles. The second-order valence-electron chi connectivity index (χ2n) is 6.34. The molecule has 142 valence electrons. The van der Waals surface area contributed by atoms with Crippen LogP contribution in [-0.2, 0) is 28.6 Å². The minimum absolute atomic E-state index is 0.0636. The van der Waals surface area contributed by atoms with Crippen molar-refractivity contribution in [1.82, 2.24) is 0 Å². The monoisotopic (exact) mass is 386 g/mol. The van der Waals surface area contributed by atoms with Crippen LogP contribution in [0.3, 0.4) is 0 Å². The van der Waals surface area contributed by atoms with Crippen LogP contribution in [0, 0.1) is 0 Å². The van der Waals surface area contributed by atoms with Crippen LogP contribution in [0.2, 0.25) is 0 Å². The molecule has 2 atom stereocenters. The van der Waals surface area contributed by atoms with Gasteiger partial charge in [-0.1, -0.05) is 67.6 Å². The summed E-state index contributed by atoms with van der Waals surface area (Å²) in [7, 11) is -1.15. The first kappa shape index (κ1) is 19.6. The van der Waals surface area contributed by atoms with Crippen molar-refractivity contribution in [3.8, 4) is 0 Å². The lowest BCUT2D eigenvalue weighted by atomic mass is 9.65. The van der Waals surface area contributed by atoms with Crippen molar-refractivity contribution in [3.63, 3.8) is 0 Å². The quantitative estimate of drug-likeness (QED) is 0.516. The smallest absolute Gasteiger partial charge is 0.395 e. The maximum atomic E-state index is 13.3. The zero-order valence-electron chi connectivity index (χ0n) is 15.6. The topological polar surface area (TPSA) is 61.8 Å². The molecule has 3 rings (SSSR count). The third kappa shape index (κ3) is 3.27. The van der Waals surface area contributed by atoms with Gasteiger partial charge >= 0.3 is 13.6 Å². The van der Waals surface area contributed by atoms with Gasteiger partial charge in [0.15, 0.2) is 0 Å². The number of benzene rings is 2. The minimum Gasteiger partial charge on any atom is -0.417 e. The average molecular weight is 386 g/mol. The molecule has 0 saturated carbocycles. The van der Waals surface area contributed by atoms with E-state index in [-0.39, 0.29) is 11.4 Å². The summed E-state index contributed by atoms with van der Waals surface area (Å²) in [5, 5.41) is 0. The Morgan fingerprint density at radius 3 is 2.07 bits per heavy atom. The van der Waals surface area contributed by atoms with E-state index in [1.807, 2.05) is 67.6 Å². The zero-order valence-corrected chi connectivity index (χ0v) is 16.5. The van der Waals surface area contributed by atoms with Gasteiger partial charge in [-0.15, -0.1) is 0 Å². The SMILES string of the molecule is CC[C@@]1(c2ccccc2)C(=O)OC(P(=O)(OC)OC)=C[C@H]1c1ccccc1. The summed E-state index contributed by atoms with van der Waals surface area (Å²) in [5.41, 5.74) is 0.784. The Balaban J connectivity index is 2.26. The Morgan fingerprint density at radius 2 is 1.56 bits per heavy atom. The molecule has 1 aliphatic heterocycles. The predicted octanol–water partition coefficient (Wildman–Crippen LogP) is 5.00. The van der Waals surface area contributed by atoms with Gasteiger partial charge < -0.3 is 13.8 Å². The second kappa shape index (κ2) is 7.81. The number of ether oxygens (including phenoxy) is 1. The maximum Gasteiger partial charge on any atom is 0.395 e. The average Bonchev–Trinajstić information content (AvgIpc) is 2.74. The molecule has 0 spiro atoms. The molecular weight excluding hydrogens is 363 g/mol. The van der Waals surface area contributed by atoms with Crippen LogP contribution in [-0.4, -0.2) is 20.2 Å². The Labute approximate surface area is 159 Å². The van der Waals surface area contributed by atoms with Crippen molar-refractivity contribution in [2.75, 3.05) is 14.2 Å². The van der Waals surface area contributed by atoms with Gasteiger partial charge in [-0.25, -0.2) is 0 Å². The molecule has 6 heteroatoms. The molecule has 0 unspecified atom stereocenters. The zero-order chi connectivity index (χ0) is 19.5. The molecule has 1 aliphatic rings. The second-order valence-corrected chi connectivity index (χ2v) is 8.50. The summed E-state index contributed by atoms with van der Waals surface area (Å²) in [6, 6.07) is 19.2. The van der Waals surface area contributed by atoms with Gasteiger partial charge in [0, 0.05) is 20.1 Å². The first-order valence-corrected chi connectivity index (χ1v) is 10.3. The number of hydrogen-bond donors (Lipinski definition) is 0. The van der Waals surface area contributed by atoms with Crippen LogP contribution in [0.15, 0.2) is 72.2 Å². The van der Waals surface area contributed by atoms with E-state index in [0.29, 0.717) is 6.42 Å². The van der Waals surface area contributed by atoms with Gasteiger partial charge in [0.1, 0.15) is 5.41 Å². The van der Waals surface area contributed by atoms with Crippen LogP contribution in [0.25, 0.3) is 0 Å². The highest BCUT2D eigenvalue weighted by Crippen LogP contribution is 2.60. The van der Waals surface area contributed by atoms with Crippen molar-refractivity contribution in [2.24, 2.45) is 0 Å². The molecule has 2 aromatic rings. The van der Waals surface area contributed by atoms with Crippen molar-refractivity contribution in [1.29, 1.82) is 0 Å². The number of cyclic esters (lactones) is 1. The molecule has 0 aromatic heterocycles. The maximum absolute atomic E-state index is 13.3. The first-order valence-electron chi connectivity index (χ1n) is 8.78. The minimum atomic E-state index is -3.69. The van der Waals surface area contributed by atoms with E-state index < -0.39 is 19.0 Å². The van der Waals surface area contributed by atoms with E-state index in [1.165, 1.54) is 14.2 Å². The molecular formula is C21H23O5P. The van der Waals surface area contributed by atoms with Crippen molar-refractivity contribution < 1.29 is 23.1 Å². The summed E-state index contributed by atoms with van der Waals surface area (Å²) in [4.78, 5) is 13.3. The first-order chi connectivity index (χ1) is 13.0. The molecule has 0 N–H and O–H groups in total. The van der Waals surface area contributed by atoms with Crippen molar-refractivity contribution in [2.45, 2.75) is 24.7 Å². The van der Waals surface area contributed by atoms with Crippen molar-refractivity contribution in [3.05, 3.63) is 83.4 Å². The molecule has 0 bridgehead atoms. The van der Waals surface area contributed by atoms with E-state index in [2.05, 4.69) is 0 Å². The Morgan fingerprint density at radius 1 is 1.00 bits per heavy atom. The summed E-state index contributed by atoms with van der Waals surface area (Å²) in [6.07, 6.45) is 2.23. The van der Waals surface area contributed by atoms with Gasteiger partial charge in [0.05, 0.1) is 0 Å². The predicted molar refractivity (Wildman–Crippen MR) is 103 cm³/mol. The lowest BCUT2D eigenvalue weighted by Crippen LogP contribution is -2.44. The number of esters is 1. The van der Waals surface area contributed by atoms with E-state index in [0.717, 1.165) is 11.1 Å². The van der Waals surface area contributed by atoms with Gasteiger partial charge in [-0.05, 0) is 23.6 Å². The van der Waals surface area contributed by atoms with Crippen molar-refractivity contribution >= 4 is 13.6 Å². The largest absolute Gasteiger partial charge is 0.417 e. The molecule has 1 heterocycles. The lowest BCUT2D eigenvalue weighted by Gasteiger charge is -2.41. The van der Waals surface area contributed by atoms with Crippen LogP contribution in [0.4, 0.5) is 0 Å². The fraction of sp³-hybridized carbons (Fsp3) is 0.286. The Hall–Kier alpha value is -2.20. The van der Waals surface area contributed by atoms with E-state index in [1.54, 1.807) is 6.08 Å². The molecule has 0 amide bonds. The van der Waals surface area contributed by atoms with Gasteiger partial charge in [0.25, 0.3) is 0 Å². The molecule has 0 fully saturated rings. The van der Waals surface area contributed by atoms with Crippen LogP contribution in [0.1, 0.15) is 30.4 Å². The van der Waals surface area contributed by atoms with E-state index >= 15 is 0 Å². The standard InChI is InChI=1S/C21H23O5P/c1-4-21(17-13-9-6-10-14-17)18(16-11-7-5-8-12-16)15-19(26-20(21)22)27(23,24-2)25-3/h5-15,18H,4H2,1-3H3/t18-,21-/m0/s1. The highest BCUT2D eigenvalue weighted by molar-refractivity contribution is 7.58. The van der Waals surface area contributed by atoms with Crippen LogP contribution in [0.5, 0.6) is 0 Å². The Kier molecular flexibility index (Phi) is 5.66. The molecule has 5 nitrogen and oxygen atoms in total. The number of carbonyl (C=O) groups is 1. The number of carbonyl (C=O) groups excluding carboxylic acids is 1. The summed E-state index contributed by atoms with van der Waals surface area (Å²) in [6.45, 7) is 1.95. The number of rotatable bonds is 6. The molecule has 27 heavy (non-hydrogen) atoms. The summed E-state index contributed by atoms with van der Waals surface area (Å²) < 4.78 is 28.5. The third-order valence-corrected chi connectivity index (χ3v) is 6.90. The van der Waals surface area contributed by atoms with E-state index in [9.17, 15) is 9.36 Å². The van der Waals surface area contributed by atoms with Gasteiger partial charge in [-0.3, -0.25) is 9.36 Å². The summed E-state index contributed by atoms with van der Waals surface area (Å²) >= 11 is 0. The number of allylic oxidation sites excluding steroid dienone is 1. The normalized spacial score (nSPS) is 22.9. The lowest BCUT2D eigenvalue weighted by molar-refractivity contribution is -0.148. The fourth-order valence-corrected chi connectivity index (χ4v) is 4.71.